The van der Waals surface area contributed by atoms with Crippen molar-refractivity contribution in [3.8, 4) is 0 Å². The van der Waals surface area contributed by atoms with E-state index in [0.717, 1.165) is 6.42 Å². The Bertz CT molecular complexity index is 562. The van der Waals surface area contributed by atoms with Gasteiger partial charge in [-0.2, -0.15) is 0 Å². The van der Waals surface area contributed by atoms with Gasteiger partial charge in [0.05, 0.1) is 23.2 Å². The molecule has 1 saturated carbocycles. The molecule has 2 atom stereocenters. The summed E-state index contributed by atoms with van der Waals surface area (Å²) < 4.78 is 5.40. The third-order valence-electron chi connectivity index (χ3n) is 4.65. The summed E-state index contributed by atoms with van der Waals surface area (Å²) in [6, 6.07) is 2.26. The van der Waals surface area contributed by atoms with Crippen LogP contribution in [0.1, 0.15) is 55.8 Å². The third-order valence-corrected chi connectivity index (χ3v) is 5.25. The monoisotopic (exact) mass is 413 g/mol. The number of nitrogens with one attached hydrogen (secondary N) is 2. The quantitative estimate of drug-likeness (QED) is 0.567. The first-order valence-electron chi connectivity index (χ1n) is 8.93. The predicted octanol–water partition coefficient (Wildman–Crippen LogP) is 3.10. The topological polar surface area (TPSA) is 83.5 Å². The Morgan fingerprint density at radius 1 is 1.44 bits per heavy atom. The van der Waals surface area contributed by atoms with E-state index in [9.17, 15) is 9.90 Å². The van der Waals surface area contributed by atoms with Crippen molar-refractivity contribution in [1.29, 1.82) is 0 Å². The van der Waals surface area contributed by atoms with Crippen LogP contribution >= 0.6 is 15.9 Å². The molecule has 1 fully saturated rings. The Hall–Kier alpha value is -1.18. The standard InChI is InChI=1S/C18H28BrN3O3/c1-12(23)16(22-14-6-4-3-5-7-14)8-9-20-17-15(19)10-13(11-21-17)18(24)25-2/h10-12,14,16,22-23H,3-9H2,1-2H3,(H,20,21). The summed E-state index contributed by atoms with van der Waals surface area (Å²) in [6.07, 6.45) is 8.13. The molecule has 1 aromatic rings. The van der Waals surface area contributed by atoms with E-state index in [1.165, 1.54) is 45.4 Å². The average molecular weight is 414 g/mol. The lowest BCUT2D eigenvalue weighted by atomic mass is 9.94. The molecule has 0 saturated heterocycles. The van der Waals surface area contributed by atoms with Gasteiger partial charge in [0.25, 0.3) is 0 Å². The van der Waals surface area contributed by atoms with Crippen LogP contribution in [0.2, 0.25) is 0 Å². The molecule has 1 aliphatic carbocycles. The second-order valence-electron chi connectivity index (χ2n) is 6.61. The maximum Gasteiger partial charge on any atom is 0.339 e. The number of carbonyl (C=O) groups excluding carboxylic acids is 1. The number of nitrogens with zero attached hydrogens (tertiary/aromatic N) is 1. The molecular formula is C18H28BrN3O3. The zero-order valence-corrected chi connectivity index (χ0v) is 16.5. The molecule has 3 N–H and O–H groups in total. The number of hydrogen-bond donors (Lipinski definition) is 3. The van der Waals surface area contributed by atoms with E-state index in [0.29, 0.717) is 28.4 Å². The Morgan fingerprint density at radius 3 is 2.76 bits per heavy atom. The smallest absolute Gasteiger partial charge is 0.339 e. The summed E-state index contributed by atoms with van der Waals surface area (Å²) in [5, 5.41) is 16.9. The highest BCUT2D eigenvalue weighted by molar-refractivity contribution is 9.10. The zero-order valence-electron chi connectivity index (χ0n) is 14.9. The van der Waals surface area contributed by atoms with E-state index in [1.807, 2.05) is 6.92 Å². The Morgan fingerprint density at radius 2 is 2.16 bits per heavy atom. The molecule has 1 aliphatic rings. The molecule has 0 aromatic carbocycles. The van der Waals surface area contributed by atoms with Crippen molar-refractivity contribution in [2.45, 2.75) is 63.6 Å². The number of aromatic nitrogens is 1. The van der Waals surface area contributed by atoms with Gasteiger partial charge in [-0.25, -0.2) is 9.78 Å². The van der Waals surface area contributed by atoms with Crippen molar-refractivity contribution in [3.05, 3.63) is 22.3 Å². The molecule has 2 unspecified atom stereocenters. The van der Waals surface area contributed by atoms with Crippen molar-refractivity contribution >= 4 is 27.7 Å². The maximum atomic E-state index is 11.5. The Kier molecular flexibility index (Phi) is 8.12. The number of ether oxygens (including phenoxy) is 1. The van der Waals surface area contributed by atoms with Crippen molar-refractivity contribution in [1.82, 2.24) is 10.3 Å². The third kappa shape index (κ3) is 6.24. The molecule has 0 aliphatic heterocycles. The number of anilines is 1. The Labute approximate surface area is 157 Å². The highest BCUT2D eigenvalue weighted by Gasteiger charge is 2.21. The maximum absolute atomic E-state index is 11.5. The first-order chi connectivity index (χ1) is 12.0. The predicted molar refractivity (Wildman–Crippen MR) is 102 cm³/mol. The van der Waals surface area contributed by atoms with E-state index in [1.54, 1.807) is 6.07 Å². The summed E-state index contributed by atoms with van der Waals surface area (Å²) in [5.41, 5.74) is 0.403. The minimum Gasteiger partial charge on any atom is -0.465 e. The lowest BCUT2D eigenvalue weighted by molar-refractivity contribution is 0.0600. The van der Waals surface area contributed by atoms with Gasteiger partial charge in [0, 0.05) is 24.8 Å². The van der Waals surface area contributed by atoms with Crippen molar-refractivity contribution in [3.63, 3.8) is 0 Å². The van der Waals surface area contributed by atoms with Gasteiger partial charge >= 0.3 is 5.97 Å². The summed E-state index contributed by atoms with van der Waals surface area (Å²) >= 11 is 3.42. The zero-order chi connectivity index (χ0) is 18.2. The first kappa shape index (κ1) is 20.1. The number of halogens is 1. The van der Waals surface area contributed by atoms with Gasteiger partial charge in [-0.1, -0.05) is 19.3 Å². The number of hydrogen-bond acceptors (Lipinski definition) is 6. The molecular weight excluding hydrogens is 386 g/mol. The molecule has 6 nitrogen and oxygen atoms in total. The van der Waals surface area contributed by atoms with Crippen LogP contribution in [0, 0.1) is 0 Å². The van der Waals surface area contributed by atoms with E-state index in [2.05, 4.69) is 36.3 Å². The van der Waals surface area contributed by atoms with E-state index < -0.39 is 12.1 Å². The van der Waals surface area contributed by atoms with Gasteiger partial charge in [-0.05, 0) is 48.2 Å². The fourth-order valence-electron chi connectivity index (χ4n) is 3.18. The number of aliphatic hydroxyl groups is 1. The van der Waals surface area contributed by atoms with Crippen LogP contribution in [0.3, 0.4) is 0 Å². The largest absolute Gasteiger partial charge is 0.465 e. The molecule has 1 aromatic heterocycles. The molecule has 0 radical (unpaired) electrons. The molecule has 140 valence electrons. The second kappa shape index (κ2) is 10.1. The van der Waals surface area contributed by atoms with Gasteiger partial charge < -0.3 is 20.5 Å². The molecule has 1 heterocycles. The minimum absolute atomic E-state index is 0.0590. The van der Waals surface area contributed by atoms with E-state index in [4.69, 9.17) is 0 Å². The van der Waals surface area contributed by atoms with E-state index in [-0.39, 0.29) is 6.04 Å². The van der Waals surface area contributed by atoms with Crippen molar-refractivity contribution < 1.29 is 14.6 Å². The molecule has 0 spiro atoms. The molecule has 25 heavy (non-hydrogen) atoms. The fraction of sp³-hybridized carbons (Fsp3) is 0.667. The SMILES string of the molecule is COC(=O)c1cnc(NCCC(NC2CCCCC2)C(C)O)c(Br)c1. The summed E-state index contributed by atoms with van der Waals surface area (Å²) in [5.74, 6) is 0.264. The fourth-order valence-corrected chi connectivity index (χ4v) is 3.67. The first-order valence-corrected chi connectivity index (χ1v) is 9.72. The van der Waals surface area contributed by atoms with Gasteiger partial charge in [-0.3, -0.25) is 0 Å². The van der Waals surface area contributed by atoms with Crippen LogP contribution in [-0.2, 0) is 4.74 Å². The number of carbonyl (C=O) groups is 1. The van der Waals surface area contributed by atoms with Gasteiger partial charge in [0.1, 0.15) is 5.82 Å². The van der Waals surface area contributed by atoms with Gasteiger partial charge in [-0.15, -0.1) is 0 Å². The average Bonchev–Trinajstić information content (AvgIpc) is 2.62. The lowest BCUT2D eigenvalue weighted by Gasteiger charge is -2.30. The molecule has 2 rings (SSSR count). The van der Waals surface area contributed by atoms with Crippen LogP contribution in [-0.4, -0.2) is 47.9 Å². The Balaban J connectivity index is 1.85. The minimum atomic E-state index is -0.411. The van der Waals surface area contributed by atoms with Gasteiger partial charge in [0.2, 0.25) is 0 Å². The number of methoxy groups -OCH3 is 1. The molecule has 0 bridgehead atoms. The van der Waals surface area contributed by atoms with Gasteiger partial charge in [0.15, 0.2) is 0 Å². The van der Waals surface area contributed by atoms with Crippen LogP contribution in [0.5, 0.6) is 0 Å². The normalized spacial score (nSPS) is 17.8. The van der Waals surface area contributed by atoms with Crippen molar-refractivity contribution in [2.75, 3.05) is 19.0 Å². The number of aliphatic hydroxyl groups excluding tert-OH is 1. The van der Waals surface area contributed by atoms with Crippen molar-refractivity contribution in [2.24, 2.45) is 0 Å². The lowest BCUT2D eigenvalue weighted by Crippen LogP contribution is -2.46. The number of esters is 1. The van der Waals surface area contributed by atoms with Crippen LogP contribution < -0.4 is 10.6 Å². The summed E-state index contributed by atoms with van der Waals surface area (Å²) in [4.78, 5) is 15.8. The molecule has 0 amide bonds. The number of pyridine rings is 1. The highest BCUT2D eigenvalue weighted by atomic mass is 79.9. The highest BCUT2D eigenvalue weighted by Crippen LogP contribution is 2.22. The summed E-state index contributed by atoms with van der Waals surface area (Å²) in [7, 11) is 1.35. The summed E-state index contributed by atoms with van der Waals surface area (Å²) in [6.45, 7) is 2.51. The number of rotatable bonds is 8. The van der Waals surface area contributed by atoms with Crippen LogP contribution in [0.25, 0.3) is 0 Å². The molecule has 7 heteroatoms. The second-order valence-corrected chi connectivity index (χ2v) is 7.46. The van der Waals surface area contributed by atoms with E-state index >= 15 is 0 Å². The van der Waals surface area contributed by atoms with Crippen LogP contribution in [0.4, 0.5) is 5.82 Å². The van der Waals surface area contributed by atoms with Crippen LogP contribution in [0.15, 0.2) is 16.7 Å².